The van der Waals surface area contributed by atoms with E-state index in [2.05, 4.69) is 48.9 Å². The number of rotatable bonds is 14. The van der Waals surface area contributed by atoms with E-state index in [9.17, 15) is 0 Å². The molecule has 1 aromatic heterocycles. The van der Waals surface area contributed by atoms with Gasteiger partial charge >= 0.3 is 0 Å². The Bertz CT molecular complexity index is 795. The van der Waals surface area contributed by atoms with Gasteiger partial charge in [-0.25, -0.2) is 9.97 Å². The lowest BCUT2D eigenvalue weighted by molar-refractivity contribution is 0.0968. The van der Waals surface area contributed by atoms with Crippen molar-refractivity contribution in [2.24, 2.45) is 5.92 Å². The maximum absolute atomic E-state index is 6.68. The second-order valence-corrected chi connectivity index (χ2v) is 10.1. The van der Waals surface area contributed by atoms with Gasteiger partial charge in [-0.2, -0.15) is 0 Å². The summed E-state index contributed by atoms with van der Waals surface area (Å²) in [5.41, 5.74) is 3.50. The third-order valence-electron chi connectivity index (χ3n) is 7.24. The smallest absolute Gasteiger partial charge is 0.159 e. The molecule has 1 saturated carbocycles. The van der Waals surface area contributed by atoms with E-state index in [1.165, 1.54) is 94.6 Å². The topological polar surface area (TPSA) is 35.0 Å². The van der Waals surface area contributed by atoms with Crippen molar-refractivity contribution in [2.45, 2.75) is 123 Å². The molecule has 1 aromatic carbocycles. The molecule has 0 saturated heterocycles. The SMILES string of the molecule is CCCCCCCCCC(Oc1ccc(-c2ncc(CCC)cn2)c(C)c1)C1CCCCC1. The molecule has 1 fully saturated rings. The molecule has 1 atom stereocenters. The van der Waals surface area contributed by atoms with Gasteiger partial charge in [-0.05, 0) is 74.3 Å². The van der Waals surface area contributed by atoms with E-state index in [-0.39, 0.29) is 0 Å². The largest absolute Gasteiger partial charge is 0.490 e. The summed E-state index contributed by atoms with van der Waals surface area (Å²) in [6, 6.07) is 6.47. The van der Waals surface area contributed by atoms with Crippen molar-refractivity contribution in [1.29, 1.82) is 0 Å². The van der Waals surface area contributed by atoms with Crippen LogP contribution < -0.4 is 4.74 Å². The van der Waals surface area contributed by atoms with Crippen molar-refractivity contribution in [3.05, 3.63) is 41.7 Å². The van der Waals surface area contributed by atoms with Crippen LogP contribution in [0.25, 0.3) is 11.4 Å². The quantitative estimate of drug-likeness (QED) is 0.270. The van der Waals surface area contributed by atoms with Gasteiger partial charge in [0.05, 0.1) is 0 Å². The predicted molar refractivity (Wildman–Crippen MR) is 140 cm³/mol. The molecule has 2 aromatic rings. The number of nitrogens with zero attached hydrogens (tertiary/aromatic N) is 2. The zero-order valence-electron chi connectivity index (χ0n) is 21.5. The van der Waals surface area contributed by atoms with E-state index in [0.717, 1.165) is 30.0 Å². The average Bonchev–Trinajstić information content (AvgIpc) is 2.84. The summed E-state index contributed by atoms with van der Waals surface area (Å²) in [7, 11) is 0. The number of aromatic nitrogens is 2. The molecule has 0 amide bonds. The monoisotopic (exact) mass is 450 g/mol. The summed E-state index contributed by atoms with van der Waals surface area (Å²) in [4.78, 5) is 9.23. The molecule has 3 heteroatoms. The minimum Gasteiger partial charge on any atom is -0.490 e. The van der Waals surface area contributed by atoms with Crippen LogP contribution >= 0.6 is 0 Å². The molecular weight excluding hydrogens is 404 g/mol. The number of hydrogen-bond donors (Lipinski definition) is 0. The summed E-state index contributed by atoms with van der Waals surface area (Å²) in [5.74, 6) is 2.54. The molecule has 182 valence electrons. The predicted octanol–water partition coefficient (Wildman–Crippen LogP) is 8.87. The summed E-state index contributed by atoms with van der Waals surface area (Å²) >= 11 is 0. The van der Waals surface area contributed by atoms with E-state index in [0.29, 0.717) is 12.0 Å². The van der Waals surface area contributed by atoms with Gasteiger partial charge in [0.1, 0.15) is 11.9 Å². The Morgan fingerprint density at radius 1 is 0.879 bits per heavy atom. The summed E-state index contributed by atoms with van der Waals surface area (Å²) in [5, 5.41) is 0. The number of aryl methyl sites for hydroxylation is 2. The minimum atomic E-state index is 0.357. The second kappa shape index (κ2) is 14.4. The van der Waals surface area contributed by atoms with E-state index < -0.39 is 0 Å². The fourth-order valence-corrected chi connectivity index (χ4v) is 5.25. The molecule has 1 aliphatic carbocycles. The molecule has 0 spiro atoms. The maximum atomic E-state index is 6.68. The first-order valence-electron chi connectivity index (χ1n) is 13.8. The van der Waals surface area contributed by atoms with Gasteiger partial charge in [-0.1, -0.05) is 78.1 Å². The van der Waals surface area contributed by atoms with E-state index in [4.69, 9.17) is 4.74 Å². The fourth-order valence-electron chi connectivity index (χ4n) is 5.25. The normalized spacial score (nSPS) is 15.5. The highest BCUT2D eigenvalue weighted by molar-refractivity contribution is 5.61. The average molecular weight is 451 g/mol. The van der Waals surface area contributed by atoms with Gasteiger partial charge in [0.15, 0.2) is 5.82 Å². The highest BCUT2D eigenvalue weighted by atomic mass is 16.5. The number of benzene rings is 1. The summed E-state index contributed by atoms with van der Waals surface area (Å²) in [6.45, 7) is 6.62. The molecule has 0 radical (unpaired) electrons. The van der Waals surface area contributed by atoms with Crippen LogP contribution in [0, 0.1) is 12.8 Å². The molecular formula is C30H46N2O. The molecule has 3 rings (SSSR count). The number of unbranched alkanes of at least 4 members (excludes halogenated alkanes) is 6. The Balaban J connectivity index is 1.60. The van der Waals surface area contributed by atoms with Gasteiger partial charge in [-0.15, -0.1) is 0 Å². The Kier molecular flexibility index (Phi) is 11.2. The Labute approximate surface area is 202 Å². The minimum absolute atomic E-state index is 0.357. The van der Waals surface area contributed by atoms with Crippen LogP contribution in [0.1, 0.15) is 115 Å². The van der Waals surface area contributed by atoms with Crippen LogP contribution in [0.2, 0.25) is 0 Å². The highest BCUT2D eigenvalue weighted by Crippen LogP contribution is 2.33. The Morgan fingerprint density at radius 3 is 2.24 bits per heavy atom. The highest BCUT2D eigenvalue weighted by Gasteiger charge is 2.25. The van der Waals surface area contributed by atoms with Gasteiger partial charge in [0, 0.05) is 18.0 Å². The first-order chi connectivity index (χ1) is 16.2. The van der Waals surface area contributed by atoms with Crippen molar-refractivity contribution in [1.82, 2.24) is 9.97 Å². The van der Waals surface area contributed by atoms with Crippen LogP contribution in [-0.2, 0) is 6.42 Å². The first kappa shape index (κ1) is 25.7. The Morgan fingerprint density at radius 2 is 1.58 bits per heavy atom. The van der Waals surface area contributed by atoms with Crippen LogP contribution in [0.15, 0.2) is 30.6 Å². The van der Waals surface area contributed by atoms with Crippen molar-refractivity contribution in [3.8, 4) is 17.1 Å². The lowest BCUT2D eigenvalue weighted by Crippen LogP contribution is -2.29. The number of ether oxygens (including phenoxy) is 1. The molecule has 33 heavy (non-hydrogen) atoms. The van der Waals surface area contributed by atoms with Gasteiger partial charge < -0.3 is 4.74 Å². The van der Waals surface area contributed by atoms with E-state index in [1.54, 1.807) is 0 Å². The summed E-state index contributed by atoms with van der Waals surface area (Å²) < 4.78 is 6.68. The molecule has 0 bridgehead atoms. The molecule has 0 aliphatic heterocycles. The zero-order valence-corrected chi connectivity index (χ0v) is 21.5. The van der Waals surface area contributed by atoms with E-state index >= 15 is 0 Å². The van der Waals surface area contributed by atoms with Gasteiger partial charge in [0.25, 0.3) is 0 Å². The standard InChI is InChI=1S/C30H46N2O/c1-4-6-7-8-9-10-14-18-29(26-16-12-11-13-17-26)33-27-19-20-28(24(3)21-27)30-31-22-25(15-5-2)23-32-30/h19-23,26,29H,4-18H2,1-3H3. The molecule has 0 N–H and O–H groups in total. The molecule has 1 unspecified atom stereocenters. The second-order valence-electron chi connectivity index (χ2n) is 10.1. The van der Waals surface area contributed by atoms with Crippen LogP contribution in [0.4, 0.5) is 0 Å². The zero-order chi connectivity index (χ0) is 23.3. The Hall–Kier alpha value is -1.90. The van der Waals surface area contributed by atoms with Crippen molar-refractivity contribution >= 4 is 0 Å². The molecule has 3 nitrogen and oxygen atoms in total. The van der Waals surface area contributed by atoms with Crippen LogP contribution in [-0.4, -0.2) is 16.1 Å². The van der Waals surface area contributed by atoms with Crippen LogP contribution in [0.5, 0.6) is 5.75 Å². The third-order valence-corrected chi connectivity index (χ3v) is 7.24. The first-order valence-corrected chi connectivity index (χ1v) is 13.8. The lowest BCUT2D eigenvalue weighted by Gasteiger charge is -2.31. The molecule has 1 heterocycles. The fraction of sp³-hybridized carbons (Fsp3) is 0.667. The summed E-state index contributed by atoms with van der Waals surface area (Å²) in [6.07, 6.45) is 24.0. The van der Waals surface area contributed by atoms with E-state index in [1.807, 2.05) is 12.4 Å². The van der Waals surface area contributed by atoms with Gasteiger partial charge in [0.2, 0.25) is 0 Å². The lowest BCUT2D eigenvalue weighted by atomic mass is 9.83. The van der Waals surface area contributed by atoms with Crippen molar-refractivity contribution < 1.29 is 4.74 Å². The van der Waals surface area contributed by atoms with Crippen LogP contribution in [0.3, 0.4) is 0 Å². The molecule has 1 aliphatic rings. The van der Waals surface area contributed by atoms with Crippen molar-refractivity contribution in [3.63, 3.8) is 0 Å². The van der Waals surface area contributed by atoms with Gasteiger partial charge in [-0.3, -0.25) is 0 Å². The third kappa shape index (κ3) is 8.43. The van der Waals surface area contributed by atoms with Crippen molar-refractivity contribution in [2.75, 3.05) is 0 Å². The maximum Gasteiger partial charge on any atom is 0.159 e. The number of hydrogen-bond acceptors (Lipinski definition) is 3.